The molecule has 0 fully saturated rings. The van der Waals surface area contributed by atoms with Crippen LogP contribution in [0.15, 0.2) is 60.7 Å². The minimum Gasteiger partial charge on any atom is -0.497 e. The van der Waals surface area contributed by atoms with Crippen molar-refractivity contribution >= 4 is 11.6 Å². The van der Waals surface area contributed by atoms with Crippen LogP contribution < -0.4 is 24.3 Å². The van der Waals surface area contributed by atoms with E-state index >= 15 is 0 Å². The molecule has 1 N–H and O–H groups in total. The molecule has 0 aliphatic carbocycles. The maximum atomic E-state index is 12.9. The largest absolute Gasteiger partial charge is 0.497 e. The van der Waals surface area contributed by atoms with Gasteiger partial charge in [0, 0.05) is 17.2 Å². The number of aryl methyl sites for hydroxylation is 1. The average Bonchev–Trinajstić information content (AvgIpc) is 2.79. The predicted molar refractivity (Wildman–Crippen MR) is 121 cm³/mol. The fourth-order valence-electron chi connectivity index (χ4n) is 3.02. The zero-order chi connectivity index (χ0) is 22.2. The zero-order valence-corrected chi connectivity index (χ0v) is 18.2. The molecule has 6 nitrogen and oxygen atoms in total. The average molecular weight is 421 g/mol. The molecule has 3 rings (SSSR count). The monoisotopic (exact) mass is 421 g/mol. The zero-order valence-electron chi connectivity index (χ0n) is 18.2. The van der Waals surface area contributed by atoms with Crippen LogP contribution in [-0.2, 0) is 6.61 Å². The van der Waals surface area contributed by atoms with Gasteiger partial charge in [-0.2, -0.15) is 0 Å². The van der Waals surface area contributed by atoms with Crippen molar-refractivity contribution in [2.24, 2.45) is 0 Å². The number of carbonyl (C=O) groups is 1. The highest BCUT2D eigenvalue weighted by atomic mass is 16.5. The standard InChI is InChI=1S/C25H27NO5/c1-5-30-23-13-8-18(14-19(23)16-31-20-9-6-17(2)7-10-20)25(27)26-22-12-11-21(28-3)15-24(22)29-4/h6-15H,5,16H2,1-4H3,(H,26,27). The fourth-order valence-corrected chi connectivity index (χ4v) is 3.02. The highest BCUT2D eigenvalue weighted by Gasteiger charge is 2.14. The molecule has 0 bridgehead atoms. The lowest BCUT2D eigenvalue weighted by atomic mass is 10.1. The SMILES string of the molecule is CCOc1ccc(C(=O)Nc2ccc(OC)cc2OC)cc1COc1ccc(C)cc1. The Morgan fingerprint density at radius 1 is 0.839 bits per heavy atom. The Labute approximate surface area is 182 Å². The van der Waals surface area contributed by atoms with Gasteiger partial charge in [0.15, 0.2) is 0 Å². The second-order valence-corrected chi connectivity index (χ2v) is 6.88. The van der Waals surface area contributed by atoms with Crippen LogP contribution >= 0.6 is 0 Å². The molecular weight excluding hydrogens is 394 g/mol. The summed E-state index contributed by atoms with van der Waals surface area (Å²) in [6.07, 6.45) is 0. The van der Waals surface area contributed by atoms with E-state index in [1.807, 2.05) is 38.1 Å². The van der Waals surface area contributed by atoms with Gasteiger partial charge in [0.2, 0.25) is 0 Å². The molecule has 0 aromatic heterocycles. The Morgan fingerprint density at radius 2 is 1.58 bits per heavy atom. The molecule has 0 unspecified atom stereocenters. The third-order valence-corrected chi connectivity index (χ3v) is 4.69. The quantitative estimate of drug-likeness (QED) is 0.512. The molecule has 0 aliphatic heterocycles. The van der Waals surface area contributed by atoms with E-state index in [-0.39, 0.29) is 12.5 Å². The first-order valence-corrected chi connectivity index (χ1v) is 10.0. The van der Waals surface area contributed by atoms with E-state index in [1.54, 1.807) is 50.6 Å². The summed E-state index contributed by atoms with van der Waals surface area (Å²) < 4.78 is 22.2. The Hall–Kier alpha value is -3.67. The highest BCUT2D eigenvalue weighted by molar-refractivity contribution is 6.05. The molecule has 0 spiro atoms. The van der Waals surface area contributed by atoms with Crippen molar-refractivity contribution in [2.45, 2.75) is 20.5 Å². The molecule has 1 amide bonds. The summed E-state index contributed by atoms with van der Waals surface area (Å²) in [5.41, 5.74) is 3.00. The van der Waals surface area contributed by atoms with Crippen molar-refractivity contribution in [1.29, 1.82) is 0 Å². The van der Waals surface area contributed by atoms with Gasteiger partial charge >= 0.3 is 0 Å². The molecule has 0 saturated heterocycles. The van der Waals surface area contributed by atoms with E-state index in [9.17, 15) is 4.79 Å². The summed E-state index contributed by atoms with van der Waals surface area (Å²) in [7, 11) is 3.12. The lowest BCUT2D eigenvalue weighted by molar-refractivity contribution is 0.102. The molecule has 3 aromatic carbocycles. The van der Waals surface area contributed by atoms with Crippen molar-refractivity contribution < 1.29 is 23.7 Å². The summed E-state index contributed by atoms with van der Waals surface area (Å²) in [5.74, 6) is 2.34. The number of rotatable bonds is 9. The fraction of sp³-hybridized carbons (Fsp3) is 0.240. The summed E-state index contributed by atoms with van der Waals surface area (Å²) >= 11 is 0. The minimum atomic E-state index is -0.261. The maximum Gasteiger partial charge on any atom is 0.255 e. The van der Waals surface area contributed by atoms with Gasteiger partial charge in [-0.1, -0.05) is 17.7 Å². The molecule has 162 valence electrons. The molecule has 0 radical (unpaired) electrons. The van der Waals surface area contributed by atoms with E-state index in [0.717, 1.165) is 16.9 Å². The number of anilines is 1. The van der Waals surface area contributed by atoms with Crippen LogP contribution in [0.3, 0.4) is 0 Å². The van der Waals surface area contributed by atoms with Gasteiger partial charge in [0.05, 0.1) is 26.5 Å². The molecular formula is C25H27NO5. The number of nitrogens with one attached hydrogen (secondary N) is 1. The number of methoxy groups -OCH3 is 2. The van der Waals surface area contributed by atoms with E-state index in [2.05, 4.69) is 5.32 Å². The molecule has 0 atom stereocenters. The van der Waals surface area contributed by atoms with Gasteiger partial charge < -0.3 is 24.3 Å². The first kappa shape index (κ1) is 22.0. The van der Waals surface area contributed by atoms with Crippen LogP contribution in [0.1, 0.15) is 28.4 Å². The van der Waals surface area contributed by atoms with Crippen LogP contribution in [0.25, 0.3) is 0 Å². The highest BCUT2D eigenvalue weighted by Crippen LogP contribution is 2.30. The topological polar surface area (TPSA) is 66.0 Å². The Balaban J connectivity index is 1.80. The molecule has 0 aliphatic rings. The predicted octanol–water partition coefficient (Wildman–Crippen LogP) is 5.24. The first-order valence-electron chi connectivity index (χ1n) is 10.0. The van der Waals surface area contributed by atoms with Crippen molar-refractivity contribution in [3.8, 4) is 23.0 Å². The van der Waals surface area contributed by atoms with Crippen LogP contribution in [0, 0.1) is 6.92 Å². The lowest BCUT2D eigenvalue weighted by Gasteiger charge is -2.15. The van der Waals surface area contributed by atoms with Gasteiger partial charge in [0.25, 0.3) is 5.91 Å². The second kappa shape index (κ2) is 10.4. The van der Waals surface area contributed by atoms with E-state index in [0.29, 0.717) is 35.1 Å². The molecule has 31 heavy (non-hydrogen) atoms. The van der Waals surface area contributed by atoms with Crippen molar-refractivity contribution in [3.05, 3.63) is 77.4 Å². The van der Waals surface area contributed by atoms with Crippen LogP contribution in [0.2, 0.25) is 0 Å². The van der Waals surface area contributed by atoms with E-state index < -0.39 is 0 Å². The van der Waals surface area contributed by atoms with Crippen LogP contribution in [0.5, 0.6) is 23.0 Å². The van der Waals surface area contributed by atoms with Gasteiger partial charge in [-0.05, 0) is 56.3 Å². The molecule has 0 saturated carbocycles. The first-order chi connectivity index (χ1) is 15.0. The van der Waals surface area contributed by atoms with Crippen molar-refractivity contribution in [2.75, 3.05) is 26.1 Å². The van der Waals surface area contributed by atoms with Gasteiger partial charge in [-0.15, -0.1) is 0 Å². The molecule has 3 aromatic rings. The maximum absolute atomic E-state index is 12.9. The van der Waals surface area contributed by atoms with Crippen molar-refractivity contribution in [3.63, 3.8) is 0 Å². The Bertz CT molecular complexity index is 1030. The van der Waals surface area contributed by atoms with E-state index in [4.69, 9.17) is 18.9 Å². The second-order valence-electron chi connectivity index (χ2n) is 6.88. The van der Waals surface area contributed by atoms with E-state index in [1.165, 1.54) is 0 Å². The number of ether oxygens (including phenoxy) is 4. The summed E-state index contributed by atoms with van der Waals surface area (Å²) in [5, 5.41) is 2.89. The van der Waals surface area contributed by atoms with Gasteiger partial charge in [-0.3, -0.25) is 4.79 Å². The Kier molecular flexibility index (Phi) is 7.38. The summed E-state index contributed by atoms with van der Waals surface area (Å²) in [6.45, 7) is 4.75. The van der Waals surface area contributed by atoms with Gasteiger partial charge in [-0.25, -0.2) is 0 Å². The third kappa shape index (κ3) is 5.69. The third-order valence-electron chi connectivity index (χ3n) is 4.69. The molecule has 6 heteroatoms. The normalized spacial score (nSPS) is 10.3. The number of carbonyl (C=O) groups excluding carboxylic acids is 1. The smallest absolute Gasteiger partial charge is 0.255 e. The molecule has 0 heterocycles. The number of benzene rings is 3. The number of hydrogen-bond donors (Lipinski definition) is 1. The van der Waals surface area contributed by atoms with Crippen LogP contribution in [0.4, 0.5) is 5.69 Å². The number of amides is 1. The summed E-state index contributed by atoms with van der Waals surface area (Å²) in [4.78, 5) is 12.9. The minimum absolute atomic E-state index is 0.261. The lowest BCUT2D eigenvalue weighted by Crippen LogP contribution is -2.14. The number of hydrogen-bond acceptors (Lipinski definition) is 5. The van der Waals surface area contributed by atoms with Crippen molar-refractivity contribution in [1.82, 2.24) is 0 Å². The van der Waals surface area contributed by atoms with Crippen LogP contribution in [-0.4, -0.2) is 26.7 Å². The van der Waals surface area contributed by atoms with Gasteiger partial charge in [0.1, 0.15) is 29.6 Å². The Morgan fingerprint density at radius 3 is 2.26 bits per heavy atom. The summed E-state index contributed by atoms with van der Waals surface area (Å²) in [6, 6.07) is 18.3.